The van der Waals surface area contributed by atoms with Crippen LogP contribution in [0.5, 0.6) is 0 Å². The van der Waals surface area contributed by atoms with Gasteiger partial charge in [-0.15, -0.1) is 0 Å². The predicted octanol–water partition coefficient (Wildman–Crippen LogP) is 2.83. The highest BCUT2D eigenvalue weighted by atomic mass is 16.5. The molecular formula is C18H17NO3. The molecular weight excluding hydrogens is 278 g/mol. The molecule has 22 heavy (non-hydrogen) atoms. The molecule has 2 heterocycles. The Morgan fingerprint density at radius 2 is 2.05 bits per heavy atom. The van der Waals surface area contributed by atoms with Crippen molar-refractivity contribution in [2.75, 3.05) is 0 Å². The van der Waals surface area contributed by atoms with Crippen LogP contribution in [0.25, 0.3) is 17.2 Å². The van der Waals surface area contributed by atoms with E-state index >= 15 is 0 Å². The van der Waals surface area contributed by atoms with E-state index in [-0.39, 0.29) is 18.5 Å². The molecule has 4 nitrogen and oxygen atoms in total. The van der Waals surface area contributed by atoms with Crippen LogP contribution in [-0.2, 0) is 9.53 Å². The van der Waals surface area contributed by atoms with Gasteiger partial charge >= 0.3 is 5.97 Å². The van der Waals surface area contributed by atoms with Crippen LogP contribution in [0.15, 0.2) is 54.9 Å². The molecule has 112 valence electrons. The van der Waals surface area contributed by atoms with Gasteiger partial charge in [-0.1, -0.05) is 36.4 Å². The lowest BCUT2D eigenvalue weighted by molar-refractivity contribution is -0.156. The van der Waals surface area contributed by atoms with Crippen molar-refractivity contribution in [3.8, 4) is 11.1 Å². The summed E-state index contributed by atoms with van der Waals surface area (Å²) in [5.74, 6) is -0.358. The minimum atomic E-state index is -0.626. The number of pyridine rings is 1. The number of carbonyl (C=O) groups excluding carboxylic acids is 1. The molecule has 0 amide bonds. The van der Waals surface area contributed by atoms with E-state index in [1.165, 1.54) is 0 Å². The molecule has 0 aliphatic carbocycles. The summed E-state index contributed by atoms with van der Waals surface area (Å²) in [6, 6.07) is 12.0. The van der Waals surface area contributed by atoms with Crippen LogP contribution in [-0.4, -0.2) is 28.3 Å². The topological polar surface area (TPSA) is 59.4 Å². The van der Waals surface area contributed by atoms with E-state index in [0.717, 1.165) is 16.7 Å². The van der Waals surface area contributed by atoms with E-state index in [4.69, 9.17) is 4.74 Å². The number of hydrogen-bond donors (Lipinski definition) is 1. The third-order valence-electron chi connectivity index (χ3n) is 3.62. The Morgan fingerprint density at radius 3 is 2.82 bits per heavy atom. The van der Waals surface area contributed by atoms with Crippen molar-refractivity contribution < 1.29 is 14.6 Å². The molecule has 1 aromatic carbocycles. The van der Waals surface area contributed by atoms with Gasteiger partial charge in [0.15, 0.2) is 0 Å². The van der Waals surface area contributed by atoms with E-state index in [9.17, 15) is 9.90 Å². The number of esters is 1. The SMILES string of the molecule is O=C1CC(O)CC(/C=C/c2cnccc2-c2ccccc2)O1. The van der Waals surface area contributed by atoms with Crippen LogP contribution in [0.1, 0.15) is 18.4 Å². The smallest absolute Gasteiger partial charge is 0.309 e. The molecule has 0 spiro atoms. The number of aromatic nitrogens is 1. The number of aliphatic hydroxyl groups is 1. The quantitative estimate of drug-likeness (QED) is 0.885. The average Bonchev–Trinajstić information content (AvgIpc) is 2.53. The molecule has 1 N–H and O–H groups in total. The molecule has 0 bridgehead atoms. The first-order valence-corrected chi connectivity index (χ1v) is 7.27. The number of ether oxygens (including phenoxy) is 1. The standard InChI is InChI=1S/C18H17NO3/c20-15-10-16(22-18(21)11-15)7-6-14-12-19-9-8-17(14)13-4-2-1-3-5-13/h1-9,12,15-16,20H,10-11H2/b7-6+. The second-order valence-electron chi connectivity index (χ2n) is 5.31. The van der Waals surface area contributed by atoms with Crippen molar-refractivity contribution in [1.82, 2.24) is 4.98 Å². The van der Waals surface area contributed by atoms with Gasteiger partial charge in [0.25, 0.3) is 0 Å². The summed E-state index contributed by atoms with van der Waals surface area (Å²) >= 11 is 0. The van der Waals surface area contributed by atoms with Crippen molar-refractivity contribution in [2.45, 2.75) is 25.0 Å². The van der Waals surface area contributed by atoms with Gasteiger partial charge in [0.2, 0.25) is 0 Å². The lowest BCUT2D eigenvalue weighted by Crippen LogP contribution is -2.31. The predicted molar refractivity (Wildman–Crippen MR) is 83.8 cm³/mol. The van der Waals surface area contributed by atoms with Gasteiger partial charge in [0.1, 0.15) is 6.10 Å². The van der Waals surface area contributed by atoms with Gasteiger partial charge in [-0.25, -0.2) is 0 Å². The maximum Gasteiger partial charge on any atom is 0.309 e. The normalized spacial score (nSPS) is 21.8. The zero-order valence-corrected chi connectivity index (χ0v) is 12.1. The Kier molecular flexibility index (Phi) is 4.30. The number of carbonyl (C=O) groups is 1. The van der Waals surface area contributed by atoms with Crippen LogP contribution in [0.4, 0.5) is 0 Å². The zero-order chi connectivity index (χ0) is 15.4. The third-order valence-corrected chi connectivity index (χ3v) is 3.62. The van der Waals surface area contributed by atoms with Crippen molar-refractivity contribution >= 4 is 12.0 Å². The van der Waals surface area contributed by atoms with E-state index in [0.29, 0.717) is 6.42 Å². The lowest BCUT2D eigenvalue weighted by atomic mass is 10.00. The Hall–Kier alpha value is -2.46. The van der Waals surface area contributed by atoms with Gasteiger partial charge < -0.3 is 9.84 Å². The van der Waals surface area contributed by atoms with Gasteiger partial charge in [0, 0.05) is 24.4 Å². The second kappa shape index (κ2) is 6.54. The molecule has 2 aromatic rings. The maximum absolute atomic E-state index is 11.4. The van der Waals surface area contributed by atoms with Crippen molar-refractivity contribution in [2.24, 2.45) is 0 Å². The van der Waals surface area contributed by atoms with Crippen LogP contribution >= 0.6 is 0 Å². The molecule has 1 fully saturated rings. The first-order valence-electron chi connectivity index (χ1n) is 7.27. The number of nitrogens with zero attached hydrogens (tertiary/aromatic N) is 1. The summed E-state index contributed by atoms with van der Waals surface area (Å²) < 4.78 is 5.22. The number of cyclic esters (lactones) is 1. The highest BCUT2D eigenvalue weighted by Gasteiger charge is 2.25. The van der Waals surface area contributed by atoms with Crippen LogP contribution in [0.3, 0.4) is 0 Å². The van der Waals surface area contributed by atoms with Crippen LogP contribution in [0, 0.1) is 0 Å². The fourth-order valence-corrected chi connectivity index (χ4v) is 2.56. The number of rotatable bonds is 3. The summed E-state index contributed by atoms with van der Waals surface area (Å²) in [5, 5.41) is 9.63. The summed E-state index contributed by atoms with van der Waals surface area (Å²) in [7, 11) is 0. The minimum absolute atomic E-state index is 0.0759. The molecule has 0 saturated carbocycles. The summed E-state index contributed by atoms with van der Waals surface area (Å²) in [5.41, 5.74) is 3.12. The Balaban J connectivity index is 1.84. The first-order chi connectivity index (χ1) is 10.7. The molecule has 4 heteroatoms. The molecule has 3 rings (SSSR count). The highest BCUT2D eigenvalue weighted by Crippen LogP contribution is 2.24. The highest BCUT2D eigenvalue weighted by molar-refractivity contribution is 5.75. The van der Waals surface area contributed by atoms with E-state index in [1.54, 1.807) is 12.4 Å². The van der Waals surface area contributed by atoms with E-state index in [2.05, 4.69) is 4.98 Å². The number of benzene rings is 1. The zero-order valence-electron chi connectivity index (χ0n) is 12.1. The van der Waals surface area contributed by atoms with Crippen molar-refractivity contribution in [3.05, 3.63) is 60.4 Å². The monoisotopic (exact) mass is 295 g/mol. The van der Waals surface area contributed by atoms with Gasteiger partial charge in [-0.2, -0.15) is 0 Å². The van der Waals surface area contributed by atoms with E-state index in [1.807, 2.05) is 48.6 Å². The fourth-order valence-electron chi connectivity index (χ4n) is 2.56. The third kappa shape index (κ3) is 3.40. The Morgan fingerprint density at radius 1 is 1.23 bits per heavy atom. The average molecular weight is 295 g/mol. The number of aliphatic hydroxyl groups excluding tert-OH is 1. The Labute approximate surface area is 129 Å². The van der Waals surface area contributed by atoms with Crippen molar-refractivity contribution in [1.29, 1.82) is 0 Å². The summed E-state index contributed by atoms with van der Waals surface area (Å²) in [6.07, 6.45) is 6.73. The molecule has 1 aliphatic rings. The first kappa shape index (κ1) is 14.5. The van der Waals surface area contributed by atoms with E-state index < -0.39 is 6.10 Å². The maximum atomic E-state index is 11.4. The minimum Gasteiger partial charge on any atom is -0.458 e. The van der Waals surface area contributed by atoms with Gasteiger partial charge in [0.05, 0.1) is 12.5 Å². The fraction of sp³-hybridized carbons (Fsp3) is 0.222. The van der Waals surface area contributed by atoms with Crippen molar-refractivity contribution in [3.63, 3.8) is 0 Å². The molecule has 1 saturated heterocycles. The van der Waals surface area contributed by atoms with Gasteiger partial charge in [-0.05, 0) is 23.3 Å². The summed E-state index contributed by atoms with van der Waals surface area (Å²) in [6.45, 7) is 0. The van der Waals surface area contributed by atoms with Crippen LogP contribution in [0.2, 0.25) is 0 Å². The molecule has 2 atom stereocenters. The molecule has 2 unspecified atom stereocenters. The molecule has 0 radical (unpaired) electrons. The molecule has 1 aromatic heterocycles. The van der Waals surface area contributed by atoms with Gasteiger partial charge in [-0.3, -0.25) is 9.78 Å². The summed E-state index contributed by atoms with van der Waals surface area (Å²) in [4.78, 5) is 15.5. The van der Waals surface area contributed by atoms with Crippen LogP contribution < -0.4 is 0 Å². The number of hydrogen-bond acceptors (Lipinski definition) is 4. The molecule has 1 aliphatic heterocycles. The largest absolute Gasteiger partial charge is 0.458 e. The Bertz CT molecular complexity index is 682. The lowest BCUT2D eigenvalue weighted by Gasteiger charge is -2.23. The second-order valence-corrected chi connectivity index (χ2v) is 5.31.